The van der Waals surface area contributed by atoms with Crippen molar-refractivity contribution < 1.29 is 0 Å². The van der Waals surface area contributed by atoms with E-state index < -0.39 is 0 Å². The summed E-state index contributed by atoms with van der Waals surface area (Å²) in [4.78, 5) is 2.72. The van der Waals surface area contributed by atoms with Crippen molar-refractivity contribution >= 4 is 34.3 Å². The third kappa shape index (κ3) is 2.97. The molecule has 0 amide bonds. The SMILES string of the molecule is CCCNC(c1cc(C)c(Cl)s1)c1sccc1C. The van der Waals surface area contributed by atoms with Crippen LogP contribution in [0.1, 0.15) is 40.3 Å². The summed E-state index contributed by atoms with van der Waals surface area (Å²) in [6, 6.07) is 4.68. The van der Waals surface area contributed by atoms with Gasteiger partial charge in [-0.2, -0.15) is 0 Å². The van der Waals surface area contributed by atoms with Crippen molar-refractivity contribution in [1.29, 1.82) is 0 Å². The second kappa shape index (κ2) is 6.20. The van der Waals surface area contributed by atoms with Crippen LogP contribution >= 0.6 is 34.3 Å². The van der Waals surface area contributed by atoms with Crippen molar-refractivity contribution in [1.82, 2.24) is 5.32 Å². The normalized spacial score (nSPS) is 12.9. The van der Waals surface area contributed by atoms with Crippen molar-refractivity contribution in [2.45, 2.75) is 33.2 Å². The molecular weight excluding hydrogens is 282 g/mol. The number of nitrogens with one attached hydrogen (secondary N) is 1. The van der Waals surface area contributed by atoms with Crippen LogP contribution in [0.2, 0.25) is 4.34 Å². The molecular formula is C14H18ClNS2. The highest BCUT2D eigenvalue weighted by atomic mass is 35.5. The van der Waals surface area contributed by atoms with Gasteiger partial charge in [-0.3, -0.25) is 0 Å². The van der Waals surface area contributed by atoms with Crippen molar-refractivity contribution in [3.63, 3.8) is 0 Å². The first-order chi connectivity index (χ1) is 8.63. The highest BCUT2D eigenvalue weighted by Gasteiger charge is 2.19. The van der Waals surface area contributed by atoms with Gasteiger partial charge in [0, 0.05) is 9.75 Å². The fraction of sp³-hybridized carbons (Fsp3) is 0.429. The molecule has 0 fully saturated rings. The Morgan fingerprint density at radius 1 is 1.33 bits per heavy atom. The third-order valence-corrected chi connectivity index (χ3v) is 5.63. The molecule has 0 spiro atoms. The Morgan fingerprint density at radius 3 is 2.61 bits per heavy atom. The van der Waals surface area contributed by atoms with Gasteiger partial charge >= 0.3 is 0 Å². The zero-order valence-corrected chi connectivity index (χ0v) is 13.3. The van der Waals surface area contributed by atoms with E-state index in [9.17, 15) is 0 Å². The fourth-order valence-corrected chi connectivity index (χ4v) is 4.31. The number of hydrogen-bond donors (Lipinski definition) is 1. The Morgan fingerprint density at radius 2 is 2.11 bits per heavy atom. The van der Waals surface area contributed by atoms with E-state index in [1.54, 1.807) is 11.3 Å². The van der Waals surface area contributed by atoms with Gasteiger partial charge in [-0.1, -0.05) is 18.5 Å². The Balaban J connectivity index is 2.33. The summed E-state index contributed by atoms with van der Waals surface area (Å²) in [5.41, 5.74) is 2.53. The van der Waals surface area contributed by atoms with Crippen LogP contribution in [0.3, 0.4) is 0 Å². The second-order valence-corrected chi connectivity index (χ2v) is 7.09. The third-order valence-electron chi connectivity index (χ3n) is 2.92. The average molecular weight is 300 g/mol. The zero-order chi connectivity index (χ0) is 13.1. The Hall–Kier alpha value is -0.350. The van der Waals surface area contributed by atoms with Gasteiger partial charge in [-0.25, -0.2) is 0 Å². The summed E-state index contributed by atoms with van der Waals surface area (Å²) < 4.78 is 0.905. The average Bonchev–Trinajstić information content (AvgIpc) is 2.88. The summed E-state index contributed by atoms with van der Waals surface area (Å²) >= 11 is 9.71. The predicted octanol–water partition coefficient (Wildman–Crippen LogP) is 5.17. The number of rotatable bonds is 5. The van der Waals surface area contributed by atoms with Crippen molar-refractivity contribution in [2.75, 3.05) is 6.54 Å². The predicted molar refractivity (Wildman–Crippen MR) is 83.3 cm³/mol. The molecule has 2 aromatic rings. The minimum absolute atomic E-state index is 0.293. The monoisotopic (exact) mass is 299 g/mol. The first-order valence-electron chi connectivity index (χ1n) is 6.16. The molecule has 1 atom stereocenters. The topological polar surface area (TPSA) is 12.0 Å². The number of aryl methyl sites for hydroxylation is 2. The minimum Gasteiger partial charge on any atom is -0.305 e. The van der Waals surface area contributed by atoms with Gasteiger partial charge in [-0.15, -0.1) is 22.7 Å². The Kier molecular flexibility index (Phi) is 4.84. The van der Waals surface area contributed by atoms with Crippen LogP contribution in [0, 0.1) is 13.8 Å². The molecule has 0 aliphatic rings. The number of thiophene rings is 2. The number of hydrogen-bond acceptors (Lipinski definition) is 3. The highest BCUT2D eigenvalue weighted by molar-refractivity contribution is 7.16. The van der Waals surface area contributed by atoms with E-state index >= 15 is 0 Å². The van der Waals surface area contributed by atoms with Gasteiger partial charge in [0.2, 0.25) is 0 Å². The molecule has 2 heterocycles. The van der Waals surface area contributed by atoms with Gasteiger partial charge in [0.25, 0.3) is 0 Å². The summed E-state index contributed by atoms with van der Waals surface area (Å²) in [7, 11) is 0. The molecule has 0 bridgehead atoms. The summed E-state index contributed by atoms with van der Waals surface area (Å²) in [6.07, 6.45) is 1.14. The lowest BCUT2D eigenvalue weighted by Gasteiger charge is -2.16. The van der Waals surface area contributed by atoms with E-state index in [0.717, 1.165) is 17.3 Å². The van der Waals surface area contributed by atoms with Gasteiger partial charge in [0.05, 0.1) is 10.4 Å². The van der Waals surface area contributed by atoms with Crippen molar-refractivity contribution in [2.24, 2.45) is 0 Å². The molecule has 0 aliphatic heterocycles. The standard InChI is InChI=1S/C14H18ClNS2/c1-4-6-16-12(13-9(2)5-7-17-13)11-8-10(3)14(15)18-11/h5,7-8,12,16H,4,6H2,1-3H3. The van der Waals surface area contributed by atoms with E-state index in [4.69, 9.17) is 11.6 Å². The molecule has 1 nitrogen and oxygen atoms in total. The van der Waals surface area contributed by atoms with E-state index in [2.05, 4.69) is 43.6 Å². The first kappa shape index (κ1) is 14.1. The second-order valence-electron chi connectivity index (χ2n) is 4.46. The minimum atomic E-state index is 0.293. The maximum Gasteiger partial charge on any atom is 0.0961 e. The molecule has 0 aliphatic carbocycles. The molecule has 0 saturated heterocycles. The van der Waals surface area contributed by atoms with Crippen molar-refractivity contribution in [3.8, 4) is 0 Å². The molecule has 98 valence electrons. The fourth-order valence-electron chi connectivity index (χ4n) is 1.92. The van der Waals surface area contributed by atoms with Crippen LogP contribution in [-0.2, 0) is 0 Å². The first-order valence-corrected chi connectivity index (χ1v) is 8.24. The lowest BCUT2D eigenvalue weighted by Crippen LogP contribution is -2.22. The van der Waals surface area contributed by atoms with Crippen LogP contribution in [0.15, 0.2) is 17.5 Å². The maximum absolute atomic E-state index is 6.20. The highest BCUT2D eigenvalue weighted by Crippen LogP contribution is 2.36. The quantitative estimate of drug-likeness (QED) is 0.803. The van der Waals surface area contributed by atoms with Gasteiger partial charge < -0.3 is 5.32 Å². The summed E-state index contributed by atoms with van der Waals surface area (Å²) in [5, 5.41) is 5.79. The summed E-state index contributed by atoms with van der Waals surface area (Å²) in [5.74, 6) is 0. The maximum atomic E-state index is 6.20. The molecule has 0 aromatic carbocycles. The van der Waals surface area contributed by atoms with Crippen LogP contribution in [0.25, 0.3) is 0 Å². The van der Waals surface area contributed by atoms with Crippen LogP contribution in [0.5, 0.6) is 0 Å². The molecule has 4 heteroatoms. The molecule has 2 rings (SSSR count). The molecule has 18 heavy (non-hydrogen) atoms. The molecule has 1 N–H and O–H groups in total. The zero-order valence-electron chi connectivity index (χ0n) is 10.9. The van der Waals surface area contributed by atoms with E-state index in [0.29, 0.717) is 6.04 Å². The molecule has 1 unspecified atom stereocenters. The molecule has 0 saturated carbocycles. The molecule has 0 radical (unpaired) electrons. The van der Waals surface area contributed by atoms with Crippen LogP contribution in [-0.4, -0.2) is 6.54 Å². The van der Waals surface area contributed by atoms with Crippen LogP contribution in [0.4, 0.5) is 0 Å². The summed E-state index contributed by atoms with van der Waals surface area (Å²) in [6.45, 7) is 7.46. The van der Waals surface area contributed by atoms with Crippen LogP contribution < -0.4 is 5.32 Å². The van der Waals surface area contributed by atoms with E-state index in [1.165, 1.54) is 20.9 Å². The largest absolute Gasteiger partial charge is 0.305 e. The van der Waals surface area contributed by atoms with Gasteiger partial charge in [0.15, 0.2) is 0 Å². The van der Waals surface area contributed by atoms with Crippen molar-refractivity contribution in [3.05, 3.63) is 42.7 Å². The smallest absolute Gasteiger partial charge is 0.0961 e. The Labute approximate surface area is 122 Å². The van der Waals surface area contributed by atoms with Gasteiger partial charge in [0.1, 0.15) is 0 Å². The molecule has 2 aromatic heterocycles. The Bertz CT molecular complexity index is 496. The lowest BCUT2D eigenvalue weighted by molar-refractivity contribution is 0.611. The number of halogens is 1. The van der Waals surface area contributed by atoms with E-state index in [1.807, 2.05) is 11.3 Å². The van der Waals surface area contributed by atoms with E-state index in [-0.39, 0.29) is 0 Å². The lowest BCUT2D eigenvalue weighted by atomic mass is 10.1. The van der Waals surface area contributed by atoms with Gasteiger partial charge in [-0.05, 0) is 55.5 Å².